The third kappa shape index (κ3) is 2.80. The Balaban J connectivity index is 2.07. The van der Waals surface area contributed by atoms with E-state index in [-0.39, 0.29) is 0 Å². The van der Waals surface area contributed by atoms with Gasteiger partial charge in [0.1, 0.15) is 0 Å². The molecular weight excluding hydrogens is 186 g/mol. The van der Waals surface area contributed by atoms with Gasteiger partial charge in [0.15, 0.2) is 0 Å². The molecule has 2 heteroatoms. The van der Waals surface area contributed by atoms with Crippen LogP contribution in [0.2, 0.25) is 0 Å². The fourth-order valence-electron chi connectivity index (χ4n) is 1.89. The van der Waals surface area contributed by atoms with E-state index in [9.17, 15) is 0 Å². The first-order chi connectivity index (χ1) is 7.25. The largest absolute Gasteiger partial charge is 0.374 e. The molecule has 0 bridgehead atoms. The minimum atomic E-state index is 0.305. The van der Waals surface area contributed by atoms with E-state index in [1.165, 1.54) is 16.7 Å². The van der Waals surface area contributed by atoms with Gasteiger partial charge in [-0.3, -0.25) is 0 Å². The number of benzene rings is 1. The molecule has 0 saturated carbocycles. The van der Waals surface area contributed by atoms with Crippen LogP contribution >= 0.6 is 0 Å². The second-order valence-electron chi connectivity index (χ2n) is 4.39. The summed E-state index contributed by atoms with van der Waals surface area (Å²) in [5, 5.41) is 3.39. The third-order valence-corrected chi connectivity index (χ3v) is 2.74. The van der Waals surface area contributed by atoms with E-state index in [0.29, 0.717) is 6.10 Å². The Morgan fingerprint density at radius 2 is 2.20 bits per heavy atom. The summed E-state index contributed by atoms with van der Waals surface area (Å²) in [5.74, 6) is 0. The van der Waals surface area contributed by atoms with Crippen molar-refractivity contribution in [3.8, 4) is 0 Å². The summed E-state index contributed by atoms with van der Waals surface area (Å²) in [6.07, 6.45) is 1.46. The summed E-state index contributed by atoms with van der Waals surface area (Å²) in [7, 11) is 0. The first-order valence-electron chi connectivity index (χ1n) is 5.68. The average molecular weight is 205 g/mol. The molecule has 2 nitrogen and oxygen atoms in total. The summed E-state index contributed by atoms with van der Waals surface area (Å²) in [4.78, 5) is 0. The van der Waals surface area contributed by atoms with Crippen LogP contribution in [0.1, 0.15) is 30.5 Å². The molecule has 1 aromatic carbocycles. The highest BCUT2D eigenvalue weighted by atomic mass is 16.5. The molecule has 0 spiro atoms. The van der Waals surface area contributed by atoms with Crippen molar-refractivity contribution in [1.29, 1.82) is 0 Å². The van der Waals surface area contributed by atoms with Crippen LogP contribution in [0.15, 0.2) is 18.2 Å². The second kappa shape index (κ2) is 4.77. The first kappa shape index (κ1) is 10.7. The molecule has 1 N–H and O–H groups in total. The lowest BCUT2D eigenvalue weighted by Gasteiger charge is -2.18. The van der Waals surface area contributed by atoms with E-state index in [1.54, 1.807) is 0 Å². The molecule has 82 valence electrons. The van der Waals surface area contributed by atoms with E-state index in [1.807, 2.05) is 0 Å². The standard InChI is InChI=1S/C13H19NO/c1-10(2)15-9-11-3-4-12-5-6-14-8-13(12)7-11/h3-4,7,10,14H,5-6,8-9H2,1-2H3. The molecule has 0 amide bonds. The van der Waals surface area contributed by atoms with E-state index < -0.39 is 0 Å². The minimum Gasteiger partial charge on any atom is -0.374 e. The Kier molecular flexibility index (Phi) is 3.39. The molecule has 0 aliphatic carbocycles. The molecule has 0 fully saturated rings. The fourth-order valence-corrected chi connectivity index (χ4v) is 1.89. The van der Waals surface area contributed by atoms with Gasteiger partial charge in [0.05, 0.1) is 12.7 Å². The Labute approximate surface area is 91.6 Å². The number of rotatable bonds is 3. The maximum atomic E-state index is 5.60. The highest BCUT2D eigenvalue weighted by molar-refractivity contribution is 5.33. The van der Waals surface area contributed by atoms with Crippen molar-refractivity contribution in [3.05, 3.63) is 34.9 Å². The van der Waals surface area contributed by atoms with Gasteiger partial charge in [-0.15, -0.1) is 0 Å². The van der Waals surface area contributed by atoms with Crippen molar-refractivity contribution in [2.24, 2.45) is 0 Å². The van der Waals surface area contributed by atoms with E-state index in [2.05, 4.69) is 37.4 Å². The number of ether oxygens (including phenoxy) is 1. The molecule has 1 aliphatic heterocycles. The summed E-state index contributed by atoms with van der Waals surface area (Å²) in [6.45, 7) is 6.98. The molecule has 0 unspecified atom stereocenters. The van der Waals surface area contributed by atoms with Crippen LogP contribution in [0, 0.1) is 0 Å². The van der Waals surface area contributed by atoms with Gasteiger partial charge in [0, 0.05) is 6.54 Å². The molecular formula is C13H19NO. The summed E-state index contributed by atoms with van der Waals surface area (Å²) >= 11 is 0. The van der Waals surface area contributed by atoms with Crippen molar-refractivity contribution >= 4 is 0 Å². The molecule has 2 rings (SSSR count). The van der Waals surface area contributed by atoms with E-state index in [4.69, 9.17) is 4.74 Å². The number of hydrogen-bond donors (Lipinski definition) is 1. The topological polar surface area (TPSA) is 21.3 Å². The van der Waals surface area contributed by atoms with Crippen molar-refractivity contribution in [3.63, 3.8) is 0 Å². The molecule has 15 heavy (non-hydrogen) atoms. The maximum absolute atomic E-state index is 5.60. The number of hydrogen-bond acceptors (Lipinski definition) is 2. The maximum Gasteiger partial charge on any atom is 0.0720 e. The van der Waals surface area contributed by atoms with Gasteiger partial charge in [-0.05, 0) is 43.5 Å². The van der Waals surface area contributed by atoms with Crippen LogP contribution in [-0.2, 0) is 24.3 Å². The SMILES string of the molecule is CC(C)OCc1ccc2c(c1)CNCC2. The van der Waals surface area contributed by atoms with Crippen molar-refractivity contribution in [2.45, 2.75) is 39.5 Å². The zero-order chi connectivity index (χ0) is 10.7. The highest BCUT2D eigenvalue weighted by Gasteiger charge is 2.08. The Morgan fingerprint density at radius 3 is 3.00 bits per heavy atom. The van der Waals surface area contributed by atoms with Crippen LogP contribution in [0.5, 0.6) is 0 Å². The van der Waals surface area contributed by atoms with Crippen molar-refractivity contribution in [2.75, 3.05) is 6.54 Å². The van der Waals surface area contributed by atoms with E-state index >= 15 is 0 Å². The van der Waals surface area contributed by atoms with Crippen molar-refractivity contribution < 1.29 is 4.74 Å². The van der Waals surface area contributed by atoms with Gasteiger partial charge in [-0.1, -0.05) is 18.2 Å². The molecule has 0 atom stereocenters. The van der Waals surface area contributed by atoms with Crippen molar-refractivity contribution in [1.82, 2.24) is 5.32 Å². The van der Waals surface area contributed by atoms with Crippen LogP contribution in [0.4, 0.5) is 0 Å². The lowest BCUT2D eigenvalue weighted by atomic mass is 9.99. The van der Waals surface area contributed by atoms with Gasteiger partial charge < -0.3 is 10.1 Å². The molecule has 0 aromatic heterocycles. The van der Waals surface area contributed by atoms with Gasteiger partial charge in [0.2, 0.25) is 0 Å². The fraction of sp³-hybridized carbons (Fsp3) is 0.538. The highest BCUT2D eigenvalue weighted by Crippen LogP contribution is 2.16. The van der Waals surface area contributed by atoms with Gasteiger partial charge in [-0.25, -0.2) is 0 Å². The zero-order valence-electron chi connectivity index (χ0n) is 9.55. The smallest absolute Gasteiger partial charge is 0.0720 e. The molecule has 1 aromatic rings. The van der Waals surface area contributed by atoms with Crippen LogP contribution in [0.3, 0.4) is 0 Å². The molecule has 1 heterocycles. The van der Waals surface area contributed by atoms with Crippen LogP contribution < -0.4 is 5.32 Å². The zero-order valence-corrected chi connectivity index (χ0v) is 9.55. The number of nitrogens with one attached hydrogen (secondary N) is 1. The summed E-state index contributed by atoms with van der Waals surface area (Å²) < 4.78 is 5.60. The number of fused-ring (bicyclic) bond motifs is 1. The molecule has 0 radical (unpaired) electrons. The van der Waals surface area contributed by atoms with Gasteiger partial charge in [-0.2, -0.15) is 0 Å². The Morgan fingerprint density at radius 1 is 1.33 bits per heavy atom. The predicted molar refractivity (Wildman–Crippen MR) is 61.8 cm³/mol. The second-order valence-corrected chi connectivity index (χ2v) is 4.39. The molecule has 0 saturated heterocycles. The summed E-state index contributed by atoms with van der Waals surface area (Å²) in [5.41, 5.74) is 4.21. The average Bonchev–Trinajstić information content (AvgIpc) is 2.26. The monoisotopic (exact) mass is 205 g/mol. The Hall–Kier alpha value is -0.860. The third-order valence-electron chi connectivity index (χ3n) is 2.74. The van der Waals surface area contributed by atoms with Crippen LogP contribution in [0.25, 0.3) is 0 Å². The quantitative estimate of drug-likeness (QED) is 0.817. The first-order valence-corrected chi connectivity index (χ1v) is 5.68. The lowest BCUT2D eigenvalue weighted by Crippen LogP contribution is -2.23. The lowest BCUT2D eigenvalue weighted by molar-refractivity contribution is 0.0656. The molecule has 1 aliphatic rings. The van der Waals surface area contributed by atoms with Gasteiger partial charge in [0.25, 0.3) is 0 Å². The summed E-state index contributed by atoms with van der Waals surface area (Å²) in [6, 6.07) is 6.70. The van der Waals surface area contributed by atoms with Crippen LogP contribution in [-0.4, -0.2) is 12.6 Å². The minimum absolute atomic E-state index is 0.305. The Bertz CT molecular complexity index is 333. The van der Waals surface area contributed by atoms with Gasteiger partial charge >= 0.3 is 0 Å². The normalized spacial score (nSPS) is 15.4. The predicted octanol–water partition coefficient (Wildman–Crippen LogP) is 2.26. The van der Waals surface area contributed by atoms with E-state index in [0.717, 1.165) is 26.1 Å².